The van der Waals surface area contributed by atoms with Crippen molar-refractivity contribution in [2.45, 2.75) is 50.5 Å². The lowest BCUT2D eigenvalue weighted by Crippen LogP contribution is -2.36. The highest BCUT2D eigenvalue weighted by Gasteiger charge is 2.08. The van der Waals surface area contributed by atoms with Crippen molar-refractivity contribution in [3.05, 3.63) is 0 Å². The quantitative estimate of drug-likeness (QED) is 0.703. The summed E-state index contributed by atoms with van der Waals surface area (Å²) in [4.78, 5) is 0.588. The fraction of sp³-hybridized carbons (Fsp3) is 1.00. The van der Waals surface area contributed by atoms with Crippen molar-refractivity contribution in [1.82, 2.24) is 5.32 Å². The zero-order valence-electron chi connectivity index (χ0n) is 9.14. The molecule has 3 atom stereocenters. The van der Waals surface area contributed by atoms with Gasteiger partial charge in [-0.3, -0.25) is 0 Å². The highest BCUT2D eigenvalue weighted by Crippen LogP contribution is 2.07. The van der Waals surface area contributed by atoms with Crippen LogP contribution in [0.3, 0.4) is 0 Å². The van der Waals surface area contributed by atoms with Crippen LogP contribution in [0.2, 0.25) is 0 Å². The number of hydrogen-bond acceptors (Lipinski definition) is 2. The van der Waals surface area contributed by atoms with Crippen molar-refractivity contribution < 1.29 is 4.74 Å². The van der Waals surface area contributed by atoms with E-state index in [2.05, 4.69) is 42.0 Å². The molecule has 3 heteroatoms. The maximum atomic E-state index is 5.03. The van der Waals surface area contributed by atoms with Gasteiger partial charge in [0.25, 0.3) is 0 Å². The molecule has 3 unspecified atom stereocenters. The number of halogens is 1. The van der Waals surface area contributed by atoms with E-state index in [0.29, 0.717) is 16.9 Å². The molecular formula is C10H22BrNO. The van der Waals surface area contributed by atoms with Gasteiger partial charge in [-0.2, -0.15) is 0 Å². The summed E-state index contributed by atoms with van der Waals surface area (Å²) < 4.78 is 5.03. The molecule has 0 spiro atoms. The molecular weight excluding hydrogens is 230 g/mol. The summed E-state index contributed by atoms with van der Waals surface area (Å²) in [6.45, 7) is 7.44. The Balaban J connectivity index is 3.46. The number of nitrogens with one attached hydrogen (secondary N) is 1. The van der Waals surface area contributed by atoms with Crippen LogP contribution in [0.1, 0.15) is 33.6 Å². The molecule has 0 aliphatic rings. The van der Waals surface area contributed by atoms with Gasteiger partial charge in [-0.15, -0.1) is 0 Å². The second-order valence-electron chi connectivity index (χ2n) is 3.77. The van der Waals surface area contributed by atoms with Crippen LogP contribution in [0, 0.1) is 0 Å². The van der Waals surface area contributed by atoms with Crippen molar-refractivity contribution >= 4 is 15.9 Å². The summed E-state index contributed by atoms with van der Waals surface area (Å²) in [6, 6.07) is 1.11. The molecule has 0 heterocycles. The van der Waals surface area contributed by atoms with E-state index in [1.165, 1.54) is 0 Å². The highest BCUT2D eigenvalue weighted by atomic mass is 79.9. The molecule has 2 nitrogen and oxygen atoms in total. The minimum atomic E-state index is 0.543. The summed E-state index contributed by atoms with van der Waals surface area (Å²) in [5, 5.41) is 3.54. The van der Waals surface area contributed by atoms with Crippen molar-refractivity contribution in [3.8, 4) is 0 Å². The van der Waals surface area contributed by atoms with E-state index >= 15 is 0 Å². The van der Waals surface area contributed by atoms with Crippen molar-refractivity contribution in [2.75, 3.05) is 13.7 Å². The molecule has 80 valence electrons. The van der Waals surface area contributed by atoms with E-state index in [4.69, 9.17) is 4.74 Å². The molecule has 0 radical (unpaired) electrons. The van der Waals surface area contributed by atoms with Crippen LogP contribution in [0.4, 0.5) is 0 Å². The van der Waals surface area contributed by atoms with Gasteiger partial charge in [0.1, 0.15) is 0 Å². The predicted molar refractivity (Wildman–Crippen MR) is 61.6 cm³/mol. The maximum Gasteiger partial charge on any atom is 0.0476 e. The number of methoxy groups -OCH3 is 1. The summed E-state index contributed by atoms with van der Waals surface area (Å²) in [6.07, 6.45) is 2.24. The average molecular weight is 252 g/mol. The van der Waals surface area contributed by atoms with Gasteiger partial charge in [0, 0.05) is 30.6 Å². The summed E-state index contributed by atoms with van der Waals surface area (Å²) in [7, 11) is 1.75. The molecule has 0 bridgehead atoms. The first kappa shape index (κ1) is 13.4. The lowest BCUT2D eigenvalue weighted by atomic mass is 10.1. The van der Waals surface area contributed by atoms with Gasteiger partial charge in [0.05, 0.1) is 0 Å². The maximum absolute atomic E-state index is 5.03. The van der Waals surface area contributed by atoms with Crippen LogP contribution >= 0.6 is 15.9 Å². The molecule has 0 aromatic rings. The predicted octanol–water partition coefficient (Wildman–Crippen LogP) is 2.56. The van der Waals surface area contributed by atoms with Gasteiger partial charge in [-0.25, -0.2) is 0 Å². The average Bonchev–Trinajstić information content (AvgIpc) is 1.98. The molecule has 0 rings (SSSR count). The van der Waals surface area contributed by atoms with E-state index in [0.717, 1.165) is 19.4 Å². The van der Waals surface area contributed by atoms with Gasteiger partial charge in [-0.1, -0.05) is 22.9 Å². The third-order valence-electron chi connectivity index (χ3n) is 2.00. The Morgan fingerprint density at radius 2 is 1.85 bits per heavy atom. The van der Waals surface area contributed by atoms with Crippen LogP contribution in [0.15, 0.2) is 0 Å². The lowest BCUT2D eigenvalue weighted by Gasteiger charge is -2.20. The van der Waals surface area contributed by atoms with E-state index in [1.54, 1.807) is 7.11 Å². The van der Waals surface area contributed by atoms with Gasteiger partial charge in [0.15, 0.2) is 0 Å². The highest BCUT2D eigenvalue weighted by molar-refractivity contribution is 9.09. The van der Waals surface area contributed by atoms with Gasteiger partial charge < -0.3 is 10.1 Å². The number of alkyl halides is 1. The second kappa shape index (κ2) is 7.77. The van der Waals surface area contributed by atoms with E-state index in [9.17, 15) is 0 Å². The Morgan fingerprint density at radius 3 is 2.31 bits per heavy atom. The zero-order valence-corrected chi connectivity index (χ0v) is 10.7. The van der Waals surface area contributed by atoms with Crippen molar-refractivity contribution in [2.24, 2.45) is 0 Å². The first-order valence-electron chi connectivity index (χ1n) is 4.95. The lowest BCUT2D eigenvalue weighted by molar-refractivity contribution is 0.182. The first-order valence-corrected chi connectivity index (χ1v) is 5.86. The van der Waals surface area contributed by atoms with E-state index in [-0.39, 0.29) is 0 Å². The Hall–Kier alpha value is 0.400. The van der Waals surface area contributed by atoms with Crippen LogP contribution in [-0.2, 0) is 4.74 Å². The Bertz CT molecular complexity index is 119. The smallest absolute Gasteiger partial charge is 0.0476 e. The minimum Gasteiger partial charge on any atom is -0.385 e. The topological polar surface area (TPSA) is 21.3 Å². The molecule has 0 aromatic carbocycles. The van der Waals surface area contributed by atoms with Crippen LogP contribution in [0.25, 0.3) is 0 Å². The molecule has 0 aliphatic heterocycles. The second-order valence-corrected chi connectivity index (χ2v) is 5.33. The number of rotatable bonds is 7. The Labute approximate surface area is 90.6 Å². The third-order valence-corrected chi connectivity index (χ3v) is 2.38. The monoisotopic (exact) mass is 251 g/mol. The molecule has 0 saturated heterocycles. The standard InChI is InChI=1S/C10H22BrNO/c1-8(11)7-10(3)12-9(2)5-6-13-4/h8-10,12H,5-7H2,1-4H3. The van der Waals surface area contributed by atoms with Crippen LogP contribution in [-0.4, -0.2) is 30.6 Å². The molecule has 0 amide bonds. The number of ether oxygens (including phenoxy) is 1. The molecule has 0 fully saturated rings. The fourth-order valence-electron chi connectivity index (χ4n) is 1.42. The molecule has 0 saturated carbocycles. The summed E-state index contributed by atoms with van der Waals surface area (Å²) in [5.74, 6) is 0. The van der Waals surface area contributed by atoms with Crippen molar-refractivity contribution in [1.29, 1.82) is 0 Å². The summed E-state index contributed by atoms with van der Waals surface area (Å²) in [5.41, 5.74) is 0. The molecule has 13 heavy (non-hydrogen) atoms. The van der Waals surface area contributed by atoms with Gasteiger partial charge in [-0.05, 0) is 26.7 Å². The Morgan fingerprint density at radius 1 is 1.23 bits per heavy atom. The van der Waals surface area contributed by atoms with Crippen LogP contribution < -0.4 is 5.32 Å². The van der Waals surface area contributed by atoms with Gasteiger partial charge in [0.2, 0.25) is 0 Å². The fourth-order valence-corrected chi connectivity index (χ4v) is 1.98. The van der Waals surface area contributed by atoms with Crippen molar-refractivity contribution in [3.63, 3.8) is 0 Å². The number of hydrogen-bond donors (Lipinski definition) is 1. The first-order chi connectivity index (χ1) is 6.06. The molecule has 0 aromatic heterocycles. The van der Waals surface area contributed by atoms with Gasteiger partial charge >= 0.3 is 0 Å². The SMILES string of the molecule is COCCC(C)NC(C)CC(C)Br. The Kier molecular flexibility index (Phi) is 8.01. The van der Waals surface area contributed by atoms with E-state index in [1.807, 2.05) is 0 Å². The van der Waals surface area contributed by atoms with Crippen LogP contribution in [0.5, 0.6) is 0 Å². The molecule has 0 aliphatic carbocycles. The zero-order chi connectivity index (χ0) is 10.3. The summed E-state index contributed by atoms with van der Waals surface area (Å²) >= 11 is 3.55. The minimum absolute atomic E-state index is 0.543. The van der Waals surface area contributed by atoms with E-state index < -0.39 is 0 Å². The molecule has 1 N–H and O–H groups in total. The third kappa shape index (κ3) is 8.72. The largest absolute Gasteiger partial charge is 0.385 e. The normalized spacial score (nSPS) is 18.2.